The van der Waals surface area contributed by atoms with Gasteiger partial charge in [0.05, 0.1) is 0 Å². The van der Waals surface area contributed by atoms with Crippen LogP contribution < -0.4 is 10.2 Å². The van der Waals surface area contributed by atoms with Crippen molar-refractivity contribution in [2.45, 2.75) is 25.8 Å². The second-order valence-corrected chi connectivity index (χ2v) is 5.07. The SMILES string of the molecule is CC(=O)c1cccc(N2CCCNC(CCO)C2)c1. The average Bonchev–Trinajstić information content (AvgIpc) is 2.65. The van der Waals surface area contributed by atoms with E-state index in [4.69, 9.17) is 5.11 Å². The highest BCUT2D eigenvalue weighted by molar-refractivity contribution is 5.94. The highest BCUT2D eigenvalue weighted by Crippen LogP contribution is 2.19. The number of carbonyl (C=O) groups excluding carboxylic acids is 1. The molecule has 0 amide bonds. The standard InChI is InChI=1S/C15H22N2O2/c1-12(19)13-4-2-5-15(10-13)17-8-3-7-16-14(11-17)6-9-18/h2,4-5,10,14,16,18H,3,6-9,11H2,1H3. The molecule has 1 aliphatic heterocycles. The second kappa shape index (κ2) is 6.68. The van der Waals surface area contributed by atoms with Crippen molar-refractivity contribution in [3.8, 4) is 0 Å². The van der Waals surface area contributed by atoms with Crippen LogP contribution in [0.2, 0.25) is 0 Å². The van der Waals surface area contributed by atoms with Gasteiger partial charge in [0, 0.05) is 37.0 Å². The maximum absolute atomic E-state index is 11.5. The lowest BCUT2D eigenvalue weighted by molar-refractivity contribution is 0.101. The predicted molar refractivity (Wildman–Crippen MR) is 76.8 cm³/mol. The molecule has 0 bridgehead atoms. The summed E-state index contributed by atoms with van der Waals surface area (Å²) in [5.74, 6) is 0.0988. The van der Waals surface area contributed by atoms with Gasteiger partial charge in [-0.25, -0.2) is 0 Å². The highest BCUT2D eigenvalue weighted by atomic mass is 16.3. The number of hydrogen-bond donors (Lipinski definition) is 2. The fourth-order valence-corrected chi connectivity index (χ4v) is 2.50. The van der Waals surface area contributed by atoms with Crippen molar-refractivity contribution in [3.05, 3.63) is 29.8 Å². The van der Waals surface area contributed by atoms with Crippen LogP contribution in [0.3, 0.4) is 0 Å². The molecule has 1 atom stereocenters. The number of benzene rings is 1. The minimum Gasteiger partial charge on any atom is -0.396 e. The quantitative estimate of drug-likeness (QED) is 0.806. The van der Waals surface area contributed by atoms with Crippen LogP contribution in [0.25, 0.3) is 0 Å². The van der Waals surface area contributed by atoms with Crippen molar-refractivity contribution in [1.29, 1.82) is 0 Å². The Labute approximate surface area is 114 Å². The smallest absolute Gasteiger partial charge is 0.159 e. The maximum Gasteiger partial charge on any atom is 0.159 e. The van der Waals surface area contributed by atoms with E-state index in [-0.39, 0.29) is 12.4 Å². The number of ketones is 1. The molecule has 1 aliphatic rings. The van der Waals surface area contributed by atoms with Crippen molar-refractivity contribution in [3.63, 3.8) is 0 Å². The molecule has 1 aromatic rings. The van der Waals surface area contributed by atoms with Crippen molar-refractivity contribution >= 4 is 11.5 Å². The lowest BCUT2D eigenvalue weighted by Crippen LogP contribution is -2.38. The van der Waals surface area contributed by atoms with Gasteiger partial charge in [-0.2, -0.15) is 0 Å². The first-order valence-corrected chi connectivity index (χ1v) is 6.91. The van der Waals surface area contributed by atoms with Crippen molar-refractivity contribution in [1.82, 2.24) is 5.32 Å². The molecule has 1 heterocycles. The van der Waals surface area contributed by atoms with E-state index in [1.165, 1.54) is 0 Å². The van der Waals surface area contributed by atoms with Gasteiger partial charge in [0.1, 0.15) is 0 Å². The normalized spacial score (nSPS) is 20.1. The van der Waals surface area contributed by atoms with Crippen molar-refractivity contribution in [2.75, 3.05) is 31.1 Å². The van der Waals surface area contributed by atoms with Gasteiger partial charge >= 0.3 is 0 Å². The second-order valence-electron chi connectivity index (χ2n) is 5.07. The lowest BCUT2D eigenvalue weighted by Gasteiger charge is -2.26. The molecule has 104 valence electrons. The third kappa shape index (κ3) is 3.78. The van der Waals surface area contributed by atoms with Crippen LogP contribution in [0.15, 0.2) is 24.3 Å². The summed E-state index contributed by atoms with van der Waals surface area (Å²) >= 11 is 0. The lowest BCUT2D eigenvalue weighted by atomic mass is 10.1. The average molecular weight is 262 g/mol. The van der Waals surface area contributed by atoms with Gasteiger partial charge in [-0.15, -0.1) is 0 Å². The monoisotopic (exact) mass is 262 g/mol. The third-order valence-electron chi connectivity index (χ3n) is 3.57. The molecule has 1 fully saturated rings. The Hall–Kier alpha value is -1.39. The molecule has 0 aliphatic carbocycles. The molecule has 2 N–H and O–H groups in total. The van der Waals surface area contributed by atoms with Crippen molar-refractivity contribution < 1.29 is 9.90 Å². The molecule has 1 saturated heterocycles. The molecule has 0 radical (unpaired) electrons. The van der Waals surface area contributed by atoms with Gasteiger partial charge in [-0.1, -0.05) is 12.1 Å². The molecular formula is C15H22N2O2. The Morgan fingerprint density at radius 1 is 1.53 bits per heavy atom. The first-order chi connectivity index (χ1) is 9.20. The Bertz CT molecular complexity index is 434. The van der Waals surface area contributed by atoms with Gasteiger partial charge in [0.25, 0.3) is 0 Å². The van der Waals surface area contributed by atoms with E-state index < -0.39 is 0 Å². The number of anilines is 1. The molecule has 19 heavy (non-hydrogen) atoms. The molecule has 4 heteroatoms. The molecule has 4 nitrogen and oxygen atoms in total. The number of hydrogen-bond acceptors (Lipinski definition) is 4. The number of aliphatic hydroxyl groups excluding tert-OH is 1. The number of carbonyl (C=O) groups is 1. The molecule has 2 rings (SSSR count). The van der Waals surface area contributed by atoms with Gasteiger partial charge in [0.15, 0.2) is 5.78 Å². The summed E-state index contributed by atoms with van der Waals surface area (Å²) in [6.45, 7) is 4.64. The number of Topliss-reactive ketones (excluding diaryl/α,β-unsaturated/α-hetero) is 1. The highest BCUT2D eigenvalue weighted by Gasteiger charge is 2.17. The molecule has 1 aromatic carbocycles. The van der Waals surface area contributed by atoms with Crippen LogP contribution >= 0.6 is 0 Å². The Morgan fingerprint density at radius 2 is 2.37 bits per heavy atom. The summed E-state index contributed by atoms with van der Waals surface area (Å²) in [7, 11) is 0. The first kappa shape index (κ1) is 14.0. The minimum absolute atomic E-state index is 0.0988. The predicted octanol–water partition coefficient (Wildman–Crippen LogP) is 1.44. The summed E-state index contributed by atoms with van der Waals surface area (Å²) in [6, 6.07) is 8.11. The fourth-order valence-electron chi connectivity index (χ4n) is 2.50. The summed E-state index contributed by atoms with van der Waals surface area (Å²) in [5, 5.41) is 12.5. The zero-order chi connectivity index (χ0) is 13.7. The van der Waals surface area contributed by atoms with Gasteiger partial charge < -0.3 is 15.3 Å². The van der Waals surface area contributed by atoms with E-state index in [1.54, 1.807) is 6.92 Å². The Kier molecular flexibility index (Phi) is 4.93. The van der Waals surface area contributed by atoms with Gasteiger partial charge in [0.2, 0.25) is 0 Å². The number of nitrogens with zero attached hydrogens (tertiary/aromatic N) is 1. The summed E-state index contributed by atoms with van der Waals surface area (Å²) in [4.78, 5) is 13.7. The summed E-state index contributed by atoms with van der Waals surface area (Å²) in [6.07, 6.45) is 1.84. The fraction of sp³-hybridized carbons (Fsp3) is 0.533. The molecule has 1 unspecified atom stereocenters. The molecular weight excluding hydrogens is 240 g/mol. The van der Waals surface area contributed by atoms with Crippen LogP contribution in [0, 0.1) is 0 Å². The Morgan fingerprint density at radius 3 is 3.11 bits per heavy atom. The van der Waals surface area contributed by atoms with Crippen LogP contribution in [-0.2, 0) is 0 Å². The van der Waals surface area contributed by atoms with E-state index in [0.29, 0.717) is 6.04 Å². The number of nitrogens with one attached hydrogen (secondary N) is 1. The third-order valence-corrected chi connectivity index (χ3v) is 3.57. The number of rotatable bonds is 4. The zero-order valence-corrected chi connectivity index (χ0v) is 11.4. The van der Waals surface area contributed by atoms with Gasteiger partial charge in [-0.05, 0) is 38.4 Å². The number of aliphatic hydroxyl groups is 1. The van der Waals surface area contributed by atoms with Crippen molar-refractivity contribution in [2.24, 2.45) is 0 Å². The summed E-state index contributed by atoms with van der Waals surface area (Å²) in [5.41, 5.74) is 1.85. The van der Waals surface area contributed by atoms with Crippen LogP contribution in [0.4, 0.5) is 5.69 Å². The molecule has 0 saturated carbocycles. The van der Waals surface area contributed by atoms with E-state index in [1.807, 2.05) is 24.3 Å². The minimum atomic E-state index is 0.0988. The van der Waals surface area contributed by atoms with Crippen LogP contribution in [0.5, 0.6) is 0 Å². The van der Waals surface area contributed by atoms with Crippen LogP contribution in [0.1, 0.15) is 30.1 Å². The Balaban J connectivity index is 2.14. The van der Waals surface area contributed by atoms with E-state index >= 15 is 0 Å². The van der Waals surface area contributed by atoms with Crippen LogP contribution in [-0.4, -0.2) is 43.2 Å². The van der Waals surface area contributed by atoms with E-state index in [0.717, 1.165) is 43.7 Å². The van der Waals surface area contributed by atoms with E-state index in [9.17, 15) is 4.79 Å². The first-order valence-electron chi connectivity index (χ1n) is 6.91. The zero-order valence-electron chi connectivity index (χ0n) is 11.4. The largest absolute Gasteiger partial charge is 0.396 e. The van der Waals surface area contributed by atoms with E-state index in [2.05, 4.69) is 10.2 Å². The van der Waals surface area contributed by atoms with Gasteiger partial charge in [-0.3, -0.25) is 4.79 Å². The maximum atomic E-state index is 11.5. The topological polar surface area (TPSA) is 52.6 Å². The summed E-state index contributed by atoms with van der Waals surface area (Å²) < 4.78 is 0. The molecule has 0 spiro atoms. The molecule has 0 aromatic heterocycles.